The van der Waals surface area contributed by atoms with Crippen molar-refractivity contribution >= 4 is 75.0 Å². The Bertz CT molecular complexity index is 1260. The van der Waals surface area contributed by atoms with Gasteiger partial charge in [-0.25, -0.2) is 4.68 Å². The van der Waals surface area contributed by atoms with Crippen LogP contribution in [0.15, 0.2) is 47.5 Å². The van der Waals surface area contributed by atoms with Crippen LogP contribution in [0.5, 0.6) is 0 Å². The Morgan fingerprint density at radius 2 is 1.73 bits per heavy atom. The summed E-state index contributed by atoms with van der Waals surface area (Å²) in [6.07, 6.45) is 2.48. The summed E-state index contributed by atoms with van der Waals surface area (Å²) in [6.45, 7) is 1.19. The number of anilines is 1. The molecule has 0 bridgehead atoms. The van der Waals surface area contributed by atoms with Gasteiger partial charge >= 0.3 is 0 Å². The highest BCUT2D eigenvalue weighted by Gasteiger charge is 2.25. The van der Waals surface area contributed by atoms with Gasteiger partial charge in [0.05, 0.1) is 15.4 Å². The fourth-order valence-corrected chi connectivity index (χ4v) is 5.22. The number of aromatic nitrogens is 4. The lowest BCUT2D eigenvalue weighted by Gasteiger charge is -2.24. The standard InChI is InChI=1S/C22H19Cl4N5OS/c1-33-21-17-19(30(8-5-9-32)12-13-6-3-2-4-7-13)27-22(26)28-20(17)31(29-21)18-15(24)10-14(23)11-16(18)25/h2-4,6-7,10-11,32H,5,8-9,12H2,1H3. The molecule has 0 saturated heterocycles. The van der Waals surface area contributed by atoms with E-state index >= 15 is 0 Å². The topological polar surface area (TPSA) is 67.1 Å². The maximum Gasteiger partial charge on any atom is 0.226 e. The van der Waals surface area contributed by atoms with E-state index in [0.29, 0.717) is 56.8 Å². The van der Waals surface area contributed by atoms with Crippen LogP contribution in [0.25, 0.3) is 16.7 Å². The van der Waals surface area contributed by atoms with E-state index in [-0.39, 0.29) is 11.9 Å². The Morgan fingerprint density at radius 3 is 2.36 bits per heavy atom. The summed E-state index contributed by atoms with van der Waals surface area (Å²) >= 11 is 26.9. The first-order chi connectivity index (χ1) is 15.9. The lowest BCUT2D eigenvalue weighted by atomic mass is 10.2. The van der Waals surface area contributed by atoms with Crippen LogP contribution in [0, 0.1) is 0 Å². The maximum atomic E-state index is 9.49. The number of thioether (sulfide) groups is 1. The van der Waals surface area contributed by atoms with Crippen LogP contribution in [-0.2, 0) is 6.54 Å². The zero-order valence-corrected chi connectivity index (χ0v) is 21.3. The van der Waals surface area contributed by atoms with Gasteiger partial charge in [0.1, 0.15) is 16.5 Å². The molecule has 0 aliphatic heterocycles. The van der Waals surface area contributed by atoms with Gasteiger partial charge in [0, 0.05) is 24.7 Å². The molecule has 11 heteroatoms. The van der Waals surface area contributed by atoms with Crippen molar-refractivity contribution in [2.75, 3.05) is 24.3 Å². The molecule has 1 N–H and O–H groups in total. The minimum Gasteiger partial charge on any atom is -0.396 e. The Hall–Kier alpha value is -1.74. The second-order valence-corrected chi connectivity index (χ2v) is 9.52. The van der Waals surface area contributed by atoms with E-state index in [2.05, 4.69) is 14.9 Å². The second-order valence-electron chi connectivity index (χ2n) is 7.14. The normalized spacial score (nSPS) is 11.3. The monoisotopic (exact) mass is 541 g/mol. The minimum absolute atomic E-state index is 0.0535. The number of aliphatic hydroxyl groups is 1. The summed E-state index contributed by atoms with van der Waals surface area (Å²) in [5, 5.41) is 16.8. The van der Waals surface area contributed by atoms with E-state index in [1.807, 2.05) is 36.6 Å². The number of hydrogen-bond acceptors (Lipinski definition) is 6. The van der Waals surface area contributed by atoms with Crippen molar-refractivity contribution in [3.8, 4) is 5.69 Å². The molecule has 2 aromatic carbocycles. The summed E-state index contributed by atoms with van der Waals surface area (Å²) < 4.78 is 1.58. The van der Waals surface area contributed by atoms with Gasteiger partial charge in [0.25, 0.3) is 0 Å². The predicted octanol–water partition coefficient (Wildman–Crippen LogP) is 6.54. The number of benzene rings is 2. The average molecular weight is 543 g/mol. The van der Waals surface area contributed by atoms with Gasteiger partial charge in [-0.3, -0.25) is 0 Å². The van der Waals surface area contributed by atoms with Crippen molar-refractivity contribution in [3.63, 3.8) is 0 Å². The second kappa shape index (κ2) is 10.7. The van der Waals surface area contributed by atoms with Crippen LogP contribution in [0.4, 0.5) is 5.82 Å². The average Bonchev–Trinajstić information content (AvgIpc) is 3.14. The molecular weight excluding hydrogens is 524 g/mol. The molecule has 0 aliphatic rings. The van der Waals surface area contributed by atoms with Gasteiger partial charge in [0.15, 0.2) is 5.65 Å². The van der Waals surface area contributed by atoms with Gasteiger partial charge in [-0.15, -0.1) is 11.8 Å². The van der Waals surface area contributed by atoms with Gasteiger partial charge < -0.3 is 10.0 Å². The smallest absolute Gasteiger partial charge is 0.226 e. The molecule has 2 heterocycles. The highest BCUT2D eigenvalue weighted by atomic mass is 35.5. The lowest BCUT2D eigenvalue weighted by Crippen LogP contribution is -2.26. The number of hydrogen-bond donors (Lipinski definition) is 1. The summed E-state index contributed by atoms with van der Waals surface area (Å²) in [7, 11) is 0. The van der Waals surface area contributed by atoms with Crippen molar-refractivity contribution in [1.82, 2.24) is 19.7 Å². The zero-order chi connectivity index (χ0) is 23.5. The Balaban J connectivity index is 1.94. The molecule has 4 aromatic rings. The molecule has 0 unspecified atom stereocenters. The van der Waals surface area contributed by atoms with Crippen molar-refractivity contribution in [1.29, 1.82) is 0 Å². The first kappa shape index (κ1) is 24.4. The zero-order valence-electron chi connectivity index (χ0n) is 17.5. The Labute approximate surface area is 215 Å². The first-order valence-electron chi connectivity index (χ1n) is 9.97. The van der Waals surface area contributed by atoms with Crippen LogP contribution in [-0.4, -0.2) is 44.3 Å². The number of halogens is 4. The number of fused-ring (bicyclic) bond motifs is 1. The van der Waals surface area contributed by atoms with Crippen molar-refractivity contribution in [2.24, 2.45) is 0 Å². The third kappa shape index (κ3) is 5.19. The molecule has 0 fully saturated rings. The van der Waals surface area contributed by atoms with Gasteiger partial charge in [-0.05, 0) is 42.0 Å². The van der Waals surface area contributed by atoms with Gasteiger partial charge in [-0.1, -0.05) is 65.1 Å². The van der Waals surface area contributed by atoms with Crippen molar-refractivity contribution in [3.05, 3.63) is 68.4 Å². The molecular formula is C22H19Cl4N5OS. The maximum absolute atomic E-state index is 9.49. The minimum atomic E-state index is 0.0535. The van der Waals surface area contributed by atoms with Crippen LogP contribution < -0.4 is 4.90 Å². The van der Waals surface area contributed by atoms with Crippen LogP contribution >= 0.6 is 58.2 Å². The van der Waals surface area contributed by atoms with Crippen LogP contribution in [0.2, 0.25) is 20.4 Å². The predicted molar refractivity (Wildman–Crippen MR) is 138 cm³/mol. The van der Waals surface area contributed by atoms with E-state index in [0.717, 1.165) is 10.9 Å². The van der Waals surface area contributed by atoms with E-state index in [1.165, 1.54) is 11.8 Å². The lowest BCUT2D eigenvalue weighted by molar-refractivity contribution is 0.289. The van der Waals surface area contributed by atoms with E-state index in [4.69, 9.17) is 51.5 Å². The molecule has 0 aliphatic carbocycles. The van der Waals surface area contributed by atoms with E-state index in [9.17, 15) is 5.11 Å². The molecule has 33 heavy (non-hydrogen) atoms. The molecule has 0 amide bonds. The molecule has 0 spiro atoms. The molecule has 0 atom stereocenters. The molecule has 0 saturated carbocycles. The largest absolute Gasteiger partial charge is 0.396 e. The highest BCUT2D eigenvalue weighted by molar-refractivity contribution is 7.98. The third-order valence-electron chi connectivity index (χ3n) is 4.94. The quantitative estimate of drug-likeness (QED) is 0.201. The Kier molecular flexibility index (Phi) is 7.89. The highest BCUT2D eigenvalue weighted by Crippen LogP contribution is 2.39. The SMILES string of the molecule is CSc1nn(-c2c(Cl)cc(Cl)cc2Cl)c2nc(Cl)nc(N(CCCO)Cc3ccccc3)c12. The van der Waals surface area contributed by atoms with Crippen molar-refractivity contribution in [2.45, 2.75) is 18.0 Å². The summed E-state index contributed by atoms with van der Waals surface area (Å²) in [5.74, 6) is 0.624. The molecule has 4 rings (SSSR count). The molecule has 0 radical (unpaired) electrons. The molecule has 6 nitrogen and oxygen atoms in total. The fourth-order valence-electron chi connectivity index (χ4n) is 3.53. The number of nitrogens with zero attached hydrogens (tertiary/aromatic N) is 5. The first-order valence-corrected chi connectivity index (χ1v) is 12.7. The van der Waals surface area contributed by atoms with E-state index < -0.39 is 0 Å². The third-order valence-corrected chi connectivity index (χ3v) is 6.57. The van der Waals surface area contributed by atoms with Crippen molar-refractivity contribution < 1.29 is 5.11 Å². The Morgan fingerprint density at radius 1 is 1.03 bits per heavy atom. The summed E-state index contributed by atoms with van der Waals surface area (Å²) in [6, 6.07) is 13.2. The summed E-state index contributed by atoms with van der Waals surface area (Å²) in [4.78, 5) is 11.1. The summed E-state index contributed by atoms with van der Waals surface area (Å²) in [5.41, 5.74) is 2.03. The molecule has 2 aromatic heterocycles. The van der Waals surface area contributed by atoms with E-state index in [1.54, 1.807) is 16.8 Å². The van der Waals surface area contributed by atoms with Gasteiger partial charge in [-0.2, -0.15) is 15.1 Å². The van der Waals surface area contributed by atoms with Crippen LogP contribution in [0.3, 0.4) is 0 Å². The number of rotatable bonds is 8. The van der Waals surface area contributed by atoms with Crippen LogP contribution in [0.1, 0.15) is 12.0 Å². The van der Waals surface area contributed by atoms with Gasteiger partial charge in [0.2, 0.25) is 5.28 Å². The number of aliphatic hydroxyl groups excluding tert-OH is 1. The molecule has 172 valence electrons. The fraction of sp³-hybridized carbons (Fsp3) is 0.227.